The number of carbonyl (C=O) groups excluding carboxylic acids is 1. The fraction of sp³-hybridized carbons (Fsp3) is 0.320. The van der Waals surface area contributed by atoms with Crippen molar-refractivity contribution in [3.63, 3.8) is 0 Å². The highest BCUT2D eigenvalue weighted by atomic mass is 35.5. The Labute approximate surface area is 210 Å². The van der Waals surface area contributed by atoms with Crippen molar-refractivity contribution in [3.8, 4) is 10.6 Å². The monoisotopic (exact) mass is 509 g/mol. The molecule has 10 heteroatoms. The van der Waals surface area contributed by atoms with Gasteiger partial charge in [0.05, 0.1) is 23.8 Å². The van der Waals surface area contributed by atoms with Crippen LogP contribution in [0.25, 0.3) is 21.5 Å². The molecule has 35 heavy (non-hydrogen) atoms. The summed E-state index contributed by atoms with van der Waals surface area (Å²) in [5, 5.41) is 28.1. The molecule has 0 saturated heterocycles. The van der Waals surface area contributed by atoms with Gasteiger partial charge in [0, 0.05) is 28.4 Å². The lowest BCUT2D eigenvalue weighted by atomic mass is 9.84. The molecule has 0 unspecified atom stereocenters. The number of aliphatic carboxylic acids is 1. The molecule has 180 valence electrons. The molecular formula is C25H24ClN5O3S. The fourth-order valence-corrected chi connectivity index (χ4v) is 5.71. The maximum atomic E-state index is 13.3. The van der Waals surface area contributed by atoms with E-state index in [0.717, 1.165) is 46.6 Å². The minimum Gasteiger partial charge on any atom is -0.481 e. The van der Waals surface area contributed by atoms with Crippen LogP contribution in [0.15, 0.2) is 48.7 Å². The molecule has 8 nitrogen and oxygen atoms in total. The number of carboxylic acid groups (broad SMARTS) is 1. The molecule has 0 bridgehead atoms. The summed E-state index contributed by atoms with van der Waals surface area (Å²) in [5.41, 5.74) is 2.17. The number of fused-ring (bicyclic) bond motifs is 1. The quantitative estimate of drug-likeness (QED) is 0.362. The number of halogens is 1. The number of nitrogens with one attached hydrogen (secondary N) is 1. The van der Waals surface area contributed by atoms with Crippen molar-refractivity contribution in [2.45, 2.75) is 44.7 Å². The number of amides is 1. The molecule has 2 N–H and O–H groups in total. The number of aromatic nitrogens is 4. The highest BCUT2D eigenvalue weighted by molar-refractivity contribution is 7.14. The molecule has 2 aromatic carbocycles. The van der Waals surface area contributed by atoms with E-state index in [4.69, 9.17) is 16.7 Å². The van der Waals surface area contributed by atoms with Gasteiger partial charge in [0.2, 0.25) is 0 Å². The minimum atomic E-state index is -0.765. The highest BCUT2D eigenvalue weighted by Gasteiger charge is 2.25. The zero-order valence-corrected chi connectivity index (χ0v) is 20.4. The van der Waals surface area contributed by atoms with Crippen LogP contribution in [0.3, 0.4) is 0 Å². The first-order valence-corrected chi connectivity index (χ1v) is 12.7. The third-order valence-electron chi connectivity index (χ3n) is 6.36. The van der Waals surface area contributed by atoms with Gasteiger partial charge < -0.3 is 10.4 Å². The van der Waals surface area contributed by atoms with Crippen molar-refractivity contribution < 1.29 is 14.7 Å². The largest absolute Gasteiger partial charge is 0.481 e. The fourth-order valence-electron chi connectivity index (χ4n) is 4.65. The van der Waals surface area contributed by atoms with Crippen LogP contribution in [0.1, 0.15) is 47.5 Å². The Morgan fingerprint density at radius 1 is 1.11 bits per heavy atom. The second-order valence-corrected chi connectivity index (χ2v) is 10.3. The number of benzene rings is 2. The Hall–Kier alpha value is -3.30. The second-order valence-electron chi connectivity index (χ2n) is 8.85. The van der Waals surface area contributed by atoms with Gasteiger partial charge in [0.1, 0.15) is 10.0 Å². The number of hydrogen-bond acceptors (Lipinski definition) is 6. The minimum absolute atomic E-state index is 0.00883. The molecule has 0 aliphatic heterocycles. The highest BCUT2D eigenvalue weighted by Crippen LogP contribution is 2.29. The first-order valence-electron chi connectivity index (χ1n) is 11.5. The van der Waals surface area contributed by atoms with Crippen LogP contribution in [-0.4, -0.2) is 43.0 Å². The second kappa shape index (κ2) is 10.1. The Kier molecular flexibility index (Phi) is 6.79. The molecule has 0 spiro atoms. The van der Waals surface area contributed by atoms with Gasteiger partial charge in [-0.15, -0.1) is 10.2 Å². The Balaban J connectivity index is 1.35. The van der Waals surface area contributed by atoms with E-state index in [1.54, 1.807) is 23.0 Å². The van der Waals surface area contributed by atoms with Crippen LogP contribution in [0, 0.1) is 5.92 Å². The predicted molar refractivity (Wildman–Crippen MR) is 135 cm³/mol. The van der Waals surface area contributed by atoms with Crippen LogP contribution in [-0.2, 0) is 11.3 Å². The van der Waals surface area contributed by atoms with Gasteiger partial charge in [-0.2, -0.15) is 5.10 Å². The first kappa shape index (κ1) is 23.4. The lowest BCUT2D eigenvalue weighted by molar-refractivity contribution is -0.138. The summed E-state index contributed by atoms with van der Waals surface area (Å²) in [6.07, 6.45) is 5.00. The van der Waals surface area contributed by atoms with E-state index in [1.165, 1.54) is 11.3 Å². The molecular weight excluding hydrogens is 486 g/mol. The zero-order chi connectivity index (χ0) is 24.4. The zero-order valence-electron chi connectivity index (χ0n) is 18.9. The van der Waals surface area contributed by atoms with Crippen molar-refractivity contribution in [2.75, 3.05) is 0 Å². The number of nitrogens with zero attached hydrogens (tertiary/aromatic N) is 4. The first-order chi connectivity index (χ1) is 17.0. The molecule has 1 aliphatic carbocycles. The summed E-state index contributed by atoms with van der Waals surface area (Å²) >= 11 is 7.82. The predicted octanol–water partition coefficient (Wildman–Crippen LogP) is 5.02. The molecule has 1 fully saturated rings. The maximum absolute atomic E-state index is 13.3. The summed E-state index contributed by atoms with van der Waals surface area (Å²) in [7, 11) is 0. The Morgan fingerprint density at radius 2 is 1.89 bits per heavy atom. The van der Waals surface area contributed by atoms with E-state index in [2.05, 4.69) is 20.6 Å². The lowest BCUT2D eigenvalue weighted by Gasteiger charge is -2.28. The molecule has 1 saturated carbocycles. The molecule has 1 aliphatic rings. The van der Waals surface area contributed by atoms with Gasteiger partial charge in [0.25, 0.3) is 5.91 Å². The summed E-state index contributed by atoms with van der Waals surface area (Å²) in [4.78, 5) is 24.3. The van der Waals surface area contributed by atoms with Crippen molar-refractivity contribution >= 4 is 45.7 Å². The Bertz CT molecular complexity index is 1360. The summed E-state index contributed by atoms with van der Waals surface area (Å²) in [5.74, 6) is -0.797. The van der Waals surface area contributed by atoms with Crippen molar-refractivity contribution in [1.82, 2.24) is 25.3 Å². The summed E-state index contributed by atoms with van der Waals surface area (Å²) < 4.78 is 1.76. The van der Waals surface area contributed by atoms with Gasteiger partial charge in [-0.05, 0) is 43.7 Å². The molecule has 4 aromatic rings. The lowest BCUT2D eigenvalue weighted by Crippen LogP contribution is -2.38. The third kappa shape index (κ3) is 5.36. The average molecular weight is 510 g/mol. The Morgan fingerprint density at radius 3 is 2.63 bits per heavy atom. The number of carboxylic acids is 1. The summed E-state index contributed by atoms with van der Waals surface area (Å²) in [6, 6.07) is 13.3. The number of carbonyl (C=O) groups is 2. The van der Waals surface area contributed by atoms with Crippen molar-refractivity contribution in [2.24, 2.45) is 5.92 Å². The number of rotatable bonds is 7. The van der Waals surface area contributed by atoms with E-state index >= 15 is 0 Å². The van der Waals surface area contributed by atoms with Gasteiger partial charge in [-0.25, -0.2) is 0 Å². The van der Waals surface area contributed by atoms with Gasteiger partial charge in [0.15, 0.2) is 0 Å². The molecule has 5 rings (SSSR count). The van der Waals surface area contributed by atoms with Crippen LogP contribution >= 0.6 is 22.9 Å². The van der Waals surface area contributed by atoms with E-state index in [-0.39, 0.29) is 24.3 Å². The maximum Gasteiger partial charge on any atom is 0.303 e. The van der Waals surface area contributed by atoms with E-state index < -0.39 is 5.97 Å². The molecule has 2 heterocycles. The van der Waals surface area contributed by atoms with Crippen LogP contribution in [0.4, 0.5) is 0 Å². The van der Waals surface area contributed by atoms with Crippen molar-refractivity contribution in [1.29, 1.82) is 0 Å². The topological polar surface area (TPSA) is 110 Å². The van der Waals surface area contributed by atoms with Gasteiger partial charge in [-0.1, -0.05) is 53.3 Å². The van der Waals surface area contributed by atoms with Gasteiger partial charge in [-0.3, -0.25) is 14.3 Å². The molecule has 1 amide bonds. The van der Waals surface area contributed by atoms with E-state index in [0.29, 0.717) is 22.6 Å². The van der Waals surface area contributed by atoms with E-state index in [9.17, 15) is 9.59 Å². The van der Waals surface area contributed by atoms with Crippen LogP contribution in [0.5, 0.6) is 0 Å². The van der Waals surface area contributed by atoms with E-state index in [1.807, 2.05) is 30.3 Å². The normalized spacial score (nSPS) is 18.0. The standard InChI is InChI=1S/C25H24ClN5O3S/c26-18-11-17-13-27-31(14-21-29-30-25(35-21)16-4-2-1-3-5-16)23(17)20(12-18)24(34)28-19-8-6-15(7-9-19)10-22(32)33/h1-5,11-13,15,19H,6-10,14H2,(H,28,34)(H,32,33). The molecule has 0 radical (unpaired) electrons. The molecule has 0 atom stereocenters. The van der Waals surface area contributed by atoms with Crippen molar-refractivity contribution in [3.05, 3.63) is 64.3 Å². The van der Waals surface area contributed by atoms with Crippen LogP contribution in [0.2, 0.25) is 5.02 Å². The average Bonchev–Trinajstić information content (AvgIpc) is 3.47. The molecule has 2 aromatic heterocycles. The van der Waals surface area contributed by atoms with Crippen LogP contribution < -0.4 is 5.32 Å². The summed E-state index contributed by atoms with van der Waals surface area (Å²) in [6.45, 7) is 0.385. The van der Waals surface area contributed by atoms with Gasteiger partial charge >= 0.3 is 5.97 Å². The SMILES string of the molecule is O=C(O)CC1CCC(NC(=O)c2cc(Cl)cc3cnn(Cc4nnc(-c5ccccc5)s4)c23)CC1. The smallest absolute Gasteiger partial charge is 0.303 e. The number of hydrogen-bond donors (Lipinski definition) is 2. The third-order valence-corrected chi connectivity index (χ3v) is 7.54.